The minimum Gasteiger partial charge on any atom is -0.493 e. The first kappa shape index (κ1) is 21.3. The van der Waals surface area contributed by atoms with Crippen molar-refractivity contribution in [1.29, 1.82) is 0 Å². The van der Waals surface area contributed by atoms with Crippen LogP contribution < -0.4 is 9.47 Å². The second kappa shape index (κ2) is 9.37. The Labute approximate surface area is 172 Å². The van der Waals surface area contributed by atoms with E-state index in [1.807, 2.05) is 18.2 Å². The van der Waals surface area contributed by atoms with Crippen molar-refractivity contribution in [3.8, 4) is 11.5 Å². The molecular formula is C22H31NO6. The van der Waals surface area contributed by atoms with Gasteiger partial charge in [0.05, 0.1) is 32.3 Å². The van der Waals surface area contributed by atoms with Crippen LogP contribution in [0.5, 0.6) is 11.5 Å². The molecule has 0 radical (unpaired) electrons. The van der Waals surface area contributed by atoms with Crippen molar-refractivity contribution in [3.05, 3.63) is 23.8 Å². The monoisotopic (exact) mass is 405 g/mol. The number of amides is 1. The first-order valence-electron chi connectivity index (χ1n) is 10.3. The van der Waals surface area contributed by atoms with Gasteiger partial charge in [-0.3, -0.25) is 4.79 Å². The van der Waals surface area contributed by atoms with Gasteiger partial charge in [0.25, 0.3) is 0 Å². The van der Waals surface area contributed by atoms with Gasteiger partial charge < -0.3 is 23.8 Å². The topological polar surface area (TPSA) is 74.3 Å². The maximum absolute atomic E-state index is 12.4. The van der Waals surface area contributed by atoms with Gasteiger partial charge in [0.1, 0.15) is 0 Å². The minimum absolute atomic E-state index is 0.191. The summed E-state index contributed by atoms with van der Waals surface area (Å²) in [6, 6.07) is 5.73. The Kier molecular flexibility index (Phi) is 6.87. The zero-order valence-corrected chi connectivity index (χ0v) is 17.7. The molecule has 2 aliphatic rings. The Hall–Kier alpha value is -2.44. The molecular weight excluding hydrogens is 374 g/mol. The minimum atomic E-state index is -0.451. The maximum Gasteiger partial charge on any atom is 0.410 e. The number of hydrogen-bond donors (Lipinski definition) is 0. The van der Waals surface area contributed by atoms with Gasteiger partial charge in [-0.25, -0.2) is 4.79 Å². The lowest BCUT2D eigenvalue weighted by Crippen LogP contribution is -2.32. The van der Waals surface area contributed by atoms with Crippen LogP contribution in [0.3, 0.4) is 0 Å². The molecule has 7 heteroatoms. The van der Waals surface area contributed by atoms with E-state index in [4.69, 9.17) is 18.9 Å². The third-order valence-electron chi connectivity index (χ3n) is 5.63. The molecule has 1 aliphatic carbocycles. The van der Waals surface area contributed by atoms with Crippen LogP contribution in [0.25, 0.3) is 0 Å². The lowest BCUT2D eigenvalue weighted by molar-refractivity contribution is -0.145. The maximum atomic E-state index is 12.4. The van der Waals surface area contributed by atoms with Gasteiger partial charge in [0.15, 0.2) is 11.5 Å². The molecule has 1 saturated carbocycles. The molecule has 1 saturated heterocycles. The molecule has 1 aromatic carbocycles. The number of benzene rings is 1. The van der Waals surface area contributed by atoms with Crippen molar-refractivity contribution in [2.24, 2.45) is 5.92 Å². The van der Waals surface area contributed by atoms with Crippen molar-refractivity contribution in [2.75, 3.05) is 27.3 Å². The van der Waals surface area contributed by atoms with E-state index in [2.05, 4.69) is 0 Å². The Morgan fingerprint density at radius 3 is 2.41 bits per heavy atom. The largest absolute Gasteiger partial charge is 0.493 e. The van der Waals surface area contributed by atoms with Crippen molar-refractivity contribution < 1.29 is 28.5 Å². The molecule has 29 heavy (non-hydrogen) atoms. The number of likely N-dealkylation sites (tertiary alicyclic amines) is 1. The Morgan fingerprint density at radius 2 is 1.79 bits per heavy atom. The normalized spacial score (nSPS) is 22.0. The first-order valence-corrected chi connectivity index (χ1v) is 10.3. The average molecular weight is 405 g/mol. The SMILES string of the molecule is COC(=O)C1CN(C(=O)OC(C)C)CC1c1ccc(OC)c(OC2CCCC2)c1. The Bertz CT molecular complexity index is 728. The van der Waals surface area contributed by atoms with E-state index in [9.17, 15) is 9.59 Å². The molecule has 1 heterocycles. The van der Waals surface area contributed by atoms with E-state index in [0.717, 1.165) is 18.4 Å². The van der Waals surface area contributed by atoms with Gasteiger partial charge in [-0.15, -0.1) is 0 Å². The summed E-state index contributed by atoms with van der Waals surface area (Å²) in [7, 11) is 2.99. The molecule has 0 bridgehead atoms. The molecule has 2 unspecified atom stereocenters. The summed E-state index contributed by atoms with van der Waals surface area (Å²) in [6.07, 6.45) is 3.99. The summed E-state index contributed by atoms with van der Waals surface area (Å²) < 4.78 is 22.0. The van der Waals surface area contributed by atoms with Gasteiger partial charge >= 0.3 is 12.1 Å². The van der Waals surface area contributed by atoms with E-state index < -0.39 is 12.0 Å². The van der Waals surface area contributed by atoms with E-state index in [0.29, 0.717) is 18.0 Å². The number of methoxy groups -OCH3 is 2. The average Bonchev–Trinajstić information content (AvgIpc) is 3.36. The molecule has 2 fully saturated rings. The summed E-state index contributed by atoms with van der Waals surface area (Å²) in [6.45, 7) is 4.27. The predicted octanol–water partition coefficient (Wildman–Crippen LogP) is 3.75. The molecule has 0 N–H and O–H groups in total. The van der Waals surface area contributed by atoms with Crippen LogP contribution in [0, 0.1) is 5.92 Å². The fourth-order valence-corrected chi connectivity index (χ4v) is 4.16. The second-order valence-electron chi connectivity index (χ2n) is 8.01. The molecule has 0 spiro atoms. The molecule has 1 aromatic rings. The van der Waals surface area contributed by atoms with Crippen molar-refractivity contribution in [1.82, 2.24) is 4.90 Å². The third-order valence-corrected chi connectivity index (χ3v) is 5.63. The smallest absolute Gasteiger partial charge is 0.410 e. The number of esters is 1. The van der Waals surface area contributed by atoms with E-state index in [-0.39, 0.29) is 30.6 Å². The van der Waals surface area contributed by atoms with Gasteiger partial charge in [0, 0.05) is 19.0 Å². The van der Waals surface area contributed by atoms with E-state index >= 15 is 0 Å². The van der Waals surface area contributed by atoms with E-state index in [1.165, 1.54) is 20.0 Å². The van der Waals surface area contributed by atoms with Crippen LogP contribution >= 0.6 is 0 Å². The predicted molar refractivity (Wildman–Crippen MR) is 107 cm³/mol. The zero-order valence-electron chi connectivity index (χ0n) is 17.7. The number of carbonyl (C=O) groups excluding carboxylic acids is 2. The van der Waals surface area contributed by atoms with Crippen LogP contribution in [0.4, 0.5) is 4.79 Å². The van der Waals surface area contributed by atoms with Crippen LogP contribution in [-0.2, 0) is 14.3 Å². The lowest BCUT2D eigenvalue weighted by Gasteiger charge is -2.21. The fourth-order valence-electron chi connectivity index (χ4n) is 4.16. The molecule has 3 rings (SSSR count). The zero-order chi connectivity index (χ0) is 21.0. The molecule has 7 nitrogen and oxygen atoms in total. The van der Waals surface area contributed by atoms with E-state index in [1.54, 1.807) is 25.9 Å². The van der Waals surface area contributed by atoms with Crippen LogP contribution in [0.15, 0.2) is 18.2 Å². The summed E-state index contributed by atoms with van der Waals surface area (Å²) >= 11 is 0. The number of ether oxygens (including phenoxy) is 4. The first-order chi connectivity index (χ1) is 13.9. The summed E-state index contributed by atoms with van der Waals surface area (Å²) in [5.41, 5.74) is 0.925. The quantitative estimate of drug-likeness (QED) is 0.671. The molecule has 1 aliphatic heterocycles. The van der Waals surface area contributed by atoms with Gasteiger partial charge in [-0.2, -0.15) is 0 Å². The highest BCUT2D eigenvalue weighted by Gasteiger charge is 2.42. The number of carbonyl (C=O) groups is 2. The number of hydrogen-bond acceptors (Lipinski definition) is 6. The van der Waals surface area contributed by atoms with Crippen LogP contribution in [-0.4, -0.2) is 56.5 Å². The highest BCUT2D eigenvalue weighted by molar-refractivity contribution is 5.77. The molecule has 160 valence electrons. The number of nitrogens with zero attached hydrogens (tertiary/aromatic N) is 1. The van der Waals surface area contributed by atoms with Crippen LogP contribution in [0.1, 0.15) is 51.0 Å². The molecule has 1 amide bonds. The summed E-state index contributed by atoms with van der Waals surface area (Å²) in [5.74, 6) is 0.378. The highest BCUT2D eigenvalue weighted by atomic mass is 16.6. The Balaban J connectivity index is 1.85. The fraction of sp³-hybridized carbons (Fsp3) is 0.636. The van der Waals surface area contributed by atoms with Gasteiger partial charge in [-0.1, -0.05) is 6.07 Å². The standard InChI is InChI=1S/C22H31NO6/c1-14(2)28-22(25)23-12-17(18(13-23)21(24)27-4)15-9-10-19(26-3)20(11-15)29-16-7-5-6-8-16/h9-11,14,16-18H,5-8,12-13H2,1-4H3. The second-order valence-corrected chi connectivity index (χ2v) is 8.01. The lowest BCUT2D eigenvalue weighted by atomic mass is 9.89. The molecule has 2 atom stereocenters. The van der Waals surface area contributed by atoms with Gasteiger partial charge in [0.2, 0.25) is 0 Å². The van der Waals surface area contributed by atoms with Crippen molar-refractivity contribution in [3.63, 3.8) is 0 Å². The molecule has 0 aromatic heterocycles. The van der Waals surface area contributed by atoms with Crippen LogP contribution in [0.2, 0.25) is 0 Å². The Morgan fingerprint density at radius 1 is 1.07 bits per heavy atom. The van der Waals surface area contributed by atoms with Gasteiger partial charge in [-0.05, 0) is 57.2 Å². The van der Waals surface area contributed by atoms with Crippen molar-refractivity contribution in [2.45, 2.75) is 57.7 Å². The highest BCUT2D eigenvalue weighted by Crippen LogP contribution is 2.39. The summed E-state index contributed by atoms with van der Waals surface area (Å²) in [5, 5.41) is 0. The van der Waals surface area contributed by atoms with Crippen molar-refractivity contribution >= 4 is 12.1 Å². The third kappa shape index (κ3) is 4.95. The summed E-state index contributed by atoms with van der Waals surface area (Å²) in [4.78, 5) is 26.4. The number of rotatable bonds is 6.